The molecule has 0 aliphatic carbocycles. The Bertz CT molecular complexity index is 1370. The van der Waals surface area contributed by atoms with E-state index in [1.165, 1.54) is 0 Å². The van der Waals surface area contributed by atoms with Gasteiger partial charge in [-0.15, -0.1) is 0 Å². The Morgan fingerprint density at radius 1 is 0.824 bits per heavy atom. The Labute approximate surface area is 199 Å². The van der Waals surface area contributed by atoms with Crippen LogP contribution in [0.4, 0.5) is 5.69 Å². The average molecular weight is 475 g/mol. The topological polar surface area (TPSA) is 75.7 Å². The van der Waals surface area contributed by atoms with Crippen molar-refractivity contribution in [3.63, 3.8) is 0 Å². The van der Waals surface area contributed by atoms with Crippen LogP contribution < -0.4 is 14.4 Å². The predicted molar refractivity (Wildman–Crippen MR) is 135 cm³/mol. The zero-order chi connectivity index (χ0) is 24.0. The molecule has 1 N–H and O–H groups in total. The Hall–Kier alpha value is -3.84. The fraction of sp³-hybridized carbons (Fsp3) is 0.148. The van der Waals surface area contributed by atoms with Crippen LogP contribution in [0.2, 0.25) is 0 Å². The SMILES string of the molecule is CS(=O)(=O)N(CC(=O)NCc1ccc2ccccc2c1)c1ccc(OCc2ccccc2)cc1. The van der Waals surface area contributed by atoms with Gasteiger partial charge >= 0.3 is 0 Å². The molecule has 7 heteroatoms. The number of fused-ring (bicyclic) bond motifs is 1. The van der Waals surface area contributed by atoms with Gasteiger partial charge in [0.05, 0.1) is 11.9 Å². The maximum atomic E-state index is 12.6. The van der Waals surface area contributed by atoms with Crippen molar-refractivity contribution in [1.82, 2.24) is 5.32 Å². The Kier molecular flexibility index (Phi) is 7.13. The third-order valence-electron chi connectivity index (χ3n) is 5.36. The molecule has 0 spiro atoms. The van der Waals surface area contributed by atoms with E-state index in [1.807, 2.05) is 72.8 Å². The van der Waals surface area contributed by atoms with Gasteiger partial charge in [0.15, 0.2) is 0 Å². The van der Waals surface area contributed by atoms with E-state index in [4.69, 9.17) is 4.74 Å². The monoisotopic (exact) mass is 474 g/mol. The summed E-state index contributed by atoms with van der Waals surface area (Å²) in [4.78, 5) is 12.6. The summed E-state index contributed by atoms with van der Waals surface area (Å²) in [6, 6.07) is 30.4. The van der Waals surface area contributed by atoms with Crippen LogP contribution in [0.1, 0.15) is 11.1 Å². The van der Waals surface area contributed by atoms with Crippen molar-refractivity contribution in [2.75, 3.05) is 17.1 Å². The molecule has 174 valence electrons. The summed E-state index contributed by atoms with van der Waals surface area (Å²) >= 11 is 0. The molecule has 4 aromatic carbocycles. The summed E-state index contributed by atoms with van der Waals surface area (Å²) in [6.45, 7) is 0.414. The predicted octanol–water partition coefficient (Wildman–Crippen LogP) is 4.50. The zero-order valence-electron chi connectivity index (χ0n) is 18.8. The molecular weight excluding hydrogens is 448 g/mol. The number of anilines is 1. The van der Waals surface area contributed by atoms with E-state index in [9.17, 15) is 13.2 Å². The number of sulfonamides is 1. The number of amides is 1. The second-order valence-electron chi connectivity index (χ2n) is 8.00. The van der Waals surface area contributed by atoms with Crippen LogP contribution in [-0.4, -0.2) is 27.1 Å². The second-order valence-corrected chi connectivity index (χ2v) is 9.90. The van der Waals surface area contributed by atoms with E-state index in [0.29, 0.717) is 24.6 Å². The fourth-order valence-corrected chi connectivity index (χ4v) is 4.44. The van der Waals surface area contributed by atoms with E-state index < -0.39 is 10.0 Å². The van der Waals surface area contributed by atoms with Crippen molar-refractivity contribution in [1.29, 1.82) is 0 Å². The van der Waals surface area contributed by atoms with E-state index in [-0.39, 0.29) is 12.5 Å². The number of nitrogens with one attached hydrogen (secondary N) is 1. The highest BCUT2D eigenvalue weighted by atomic mass is 32.2. The maximum absolute atomic E-state index is 12.6. The van der Waals surface area contributed by atoms with Crippen LogP contribution in [0.5, 0.6) is 5.75 Å². The summed E-state index contributed by atoms with van der Waals surface area (Å²) < 4.78 is 31.6. The third kappa shape index (κ3) is 6.14. The van der Waals surface area contributed by atoms with Gasteiger partial charge in [-0.1, -0.05) is 66.7 Å². The van der Waals surface area contributed by atoms with Gasteiger partial charge in [0.25, 0.3) is 0 Å². The molecule has 0 aromatic heterocycles. The van der Waals surface area contributed by atoms with Crippen LogP contribution in [0, 0.1) is 0 Å². The smallest absolute Gasteiger partial charge is 0.241 e. The molecule has 0 radical (unpaired) electrons. The lowest BCUT2D eigenvalue weighted by Crippen LogP contribution is -2.40. The fourth-order valence-electron chi connectivity index (χ4n) is 3.59. The first kappa shape index (κ1) is 23.3. The lowest BCUT2D eigenvalue weighted by atomic mass is 10.1. The summed E-state index contributed by atoms with van der Waals surface area (Å²) in [7, 11) is -3.66. The largest absolute Gasteiger partial charge is 0.489 e. The van der Waals surface area contributed by atoms with Crippen LogP contribution in [0.25, 0.3) is 10.8 Å². The summed E-state index contributed by atoms with van der Waals surface area (Å²) in [5, 5.41) is 5.02. The quantitative estimate of drug-likeness (QED) is 0.388. The molecule has 0 fully saturated rings. The summed E-state index contributed by atoms with van der Waals surface area (Å²) in [5.41, 5.74) is 2.38. The molecule has 0 heterocycles. The van der Waals surface area contributed by atoms with Gasteiger partial charge in [-0.2, -0.15) is 0 Å². The first-order chi connectivity index (χ1) is 16.4. The first-order valence-electron chi connectivity index (χ1n) is 10.9. The van der Waals surface area contributed by atoms with E-state index >= 15 is 0 Å². The number of benzene rings is 4. The second kappa shape index (κ2) is 10.4. The van der Waals surface area contributed by atoms with Gasteiger partial charge in [-0.25, -0.2) is 8.42 Å². The summed E-state index contributed by atoms with van der Waals surface area (Å²) in [5.74, 6) is 0.227. The number of carbonyl (C=O) groups is 1. The molecule has 4 rings (SSSR count). The molecule has 0 aliphatic heterocycles. The minimum atomic E-state index is -3.66. The van der Waals surface area contributed by atoms with Crippen molar-refractivity contribution >= 4 is 32.4 Å². The van der Waals surface area contributed by atoms with E-state index in [0.717, 1.165) is 32.5 Å². The van der Waals surface area contributed by atoms with Crippen LogP contribution in [0.15, 0.2) is 97.1 Å². The Morgan fingerprint density at radius 3 is 2.21 bits per heavy atom. The van der Waals surface area contributed by atoms with Crippen molar-refractivity contribution < 1.29 is 17.9 Å². The van der Waals surface area contributed by atoms with Gasteiger partial charge in [0.2, 0.25) is 15.9 Å². The van der Waals surface area contributed by atoms with Gasteiger partial charge in [-0.3, -0.25) is 9.10 Å². The molecule has 0 unspecified atom stereocenters. The van der Waals surface area contributed by atoms with Crippen molar-refractivity contribution in [2.24, 2.45) is 0 Å². The molecule has 34 heavy (non-hydrogen) atoms. The molecule has 0 bridgehead atoms. The van der Waals surface area contributed by atoms with Gasteiger partial charge in [0.1, 0.15) is 18.9 Å². The van der Waals surface area contributed by atoms with Gasteiger partial charge in [0, 0.05) is 6.54 Å². The molecule has 6 nitrogen and oxygen atoms in total. The van der Waals surface area contributed by atoms with Crippen LogP contribution in [0.3, 0.4) is 0 Å². The highest BCUT2D eigenvalue weighted by molar-refractivity contribution is 7.92. The average Bonchev–Trinajstić information content (AvgIpc) is 2.85. The first-order valence-corrected chi connectivity index (χ1v) is 12.7. The van der Waals surface area contributed by atoms with Crippen LogP contribution in [-0.2, 0) is 28.0 Å². The van der Waals surface area contributed by atoms with Crippen molar-refractivity contribution in [3.05, 3.63) is 108 Å². The molecule has 1 amide bonds. The lowest BCUT2D eigenvalue weighted by molar-refractivity contribution is -0.119. The van der Waals surface area contributed by atoms with E-state index in [2.05, 4.69) is 5.32 Å². The minimum Gasteiger partial charge on any atom is -0.489 e. The maximum Gasteiger partial charge on any atom is 0.241 e. The van der Waals surface area contributed by atoms with Crippen LogP contribution >= 0.6 is 0 Å². The Morgan fingerprint density at radius 2 is 1.50 bits per heavy atom. The lowest BCUT2D eigenvalue weighted by Gasteiger charge is -2.22. The molecule has 0 atom stereocenters. The van der Waals surface area contributed by atoms with Gasteiger partial charge in [-0.05, 0) is 52.2 Å². The molecular formula is C27H26N2O4S. The van der Waals surface area contributed by atoms with Crippen molar-refractivity contribution in [2.45, 2.75) is 13.2 Å². The highest BCUT2D eigenvalue weighted by Gasteiger charge is 2.21. The zero-order valence-corrected chi connectivity index (χ0v) is 19.7. The molecule has 0 saturated carbocycles. The number of hydrogen-bond donors (Lipinski definition) is 1. The number of rotatable bonds is 9. The normalized spacial score (nSPS) is 11.2. The Balaban J connectivity index is 1.38. The van der Waals surface area contributed by atoms with E-state index in [1.54, 1.807) is 24.3 Å². The third-order valence-corrected chi connectivity index (χ3v) is 6.50. The highest BCUT2D eigenvalue weighted by Crippen LogP contribution is 2.22. The number of ether oxygens (including phenoxy) is 1. The number of nitrogens with zero attached hydrogens (tertiary/aromatic N) is 1. The number of carbonyl (C=O) groups excluding carboxylic acids is 1. The standard InChI is InChI=1S/C27H26N2O4S/c1-34(31,32)29(25-13-15-26(16-14-25)33-20-21-7-3-2-4-8-21)19-27(30)28-18-22-11-12-23-9-5-6-10-24(23)17-22/h2-17H,18-20H2,1H3,(H,28,30). The molecule has 0 saturated heterocycles. The number of hydrogen-bond acceptors (Lipinski definition) is 4. The minimum absolute atomic E-state index is 0.309. The molecule has 4 aromatic rings. The molecule has 0 aliphatic rings. The summed E-state index contributed by atoms with van der Waals surface area (Å²) in [6.07, 6.45) is 1.09. The van der Waals surface area contributed by atoms with Gasteiger partial charge < -0.3 is 10.1 Å². The van der Waals surface area contributed by atoms with Crippen molar-refractivity contribution in [3.8, 4) is 5.75 Å².